The molecule has 2 aliphatic heterocycles. The second-order valence-electron chi connectivity index (χ2n) is 4.16. The maximum absolute atomic E-state index is 11.7. The molecule has 0 spiro atoms. The van der Waals surface area contributed by atoms with E-state index in [4.69, 9.17) is 4.74 Å². The summed E-state index contributed by atoms with van der Waals surface area (Å²) < 4.78 is 5.22. The third-order valence-corrected chi connectivity index (χ3v) is 2.87. The summed E-state index contributed by atoms with van der Waals surface area (Å²) in [6.07, 6.45) is 0. The maximum Gasteiger partial charge on any atom is 0.248 e. The van der Waals surface area contributed by atoms with Crippen molar-refractivity contribution in [1.82, 2.24) is 20.7 Å². The first-order chi connectivity index (χ1) is 7.84. The van der Waals surface area contributed by atoms with Crippen molar-refractivity contribution in [2.75, 3.05) is 59.0 Å². The second kappa shape index (κ2) is 6.15. The molecule has 0 aromatic heterocycles. The Morgan fingerprint density at radius 2 is 1.88 bits per heavy atom. The molecule has 92 valence electrons. The Kier molecular flexibility index (Phi) is 4.53. The fraction of sp³-hybridized carbons (Fsp3) is 0.900. The van der Waals surface area contributed by atoms with Gasteiger partial charge in [0.1, 0.15) is 0 Å². The molecule has 16 heavy (non-hydrogen) atoms. The fourth-order valence-corrected chi connectivity index (χ4v) is 1.96. The van der Waals surface area contributed by atoms with Crippen LogP contribution < -0.4 is 10.7 Å². The molecule has 0 radical (unpaired) electrons. The first-order valence-electron chi connectivity index (χ1n) is 5.90. The molecule has 0 aromatic carbocycles. The molecule has 2 saturated heterocycles. The van der Waals surface area contributed by atoms with Crippen LogP contribution in [0.25, 0.3) is 0 Å². The monoisotopic (exact) mass is 228 g/mol. The first kappa shape index (κ1) is 11.8. The van der Waals surface area contributed by atoms with Crippen LogP contribution in [0.5, 0.6) is 0 Å². The van der Waals surface area contributed by atoms with Gasteiger partial charge in [-0.05, 0) is 0 Å². The van der Waals surface area contributed by atoms with Crippen molar-refractivity contribution in [3.8, 4) is 0 Å². The molecule has 6 heteroatoms. The molecule has 2 aliphatic rings. The zero-order valence-corrected chi connectivity index (χ0v) is 9.57. The highest BCUT2D eigenvalue weighted by molar-refractivity contribution is 5.77. The van der Waals surface area contributed by atoms with Crippen LogP contribution in [0.15, 0.2) is 0 Å². The van der Waals surface area contributed by atoms with Crippen LogP contribution in [-0.2, 0) is 9.53 Å². The van der Waals surface area contributed by atoms with E-state index in [9.17, 15) is 4.79 Å². The Balaban J connectivity index is 1.66. The molecule has 0 aliphatic carbocycles. The number of hydrogen-bond acceptors (Lipinski definition) is 5. The highest BCUT2D eigenvalue weighted by Crippen LogP contribution is 1.94. The summed E-state index contributed by atoms with van der Waals surface area (Å²) >= 11 is 0. The van der Waals surface area contributed by atoms with Gasteiger partial charge in [-0.1, -0.05) is 0 Å². The van der Waals surface area contributed by atoms with E-state index in [0.29, 0.717) is 19.8 Å². The van der Waals surface area contributed by atoms with Crippen molar-refractivity contribution in [1.29, 1.82) is 0 Å². The lowest BCUT2D eigenvalue weighted by molar-refractivity contribution is -0.129. The SMILES string of the molecule is O=C(CN1CCNCC1)NN1CCOCC1. The van der Waals surface area contributed by atoms with Gasteiger partial charge in [-0.3, -0.25) is 15.1 Å². The van der Waals surface area contributed by atoms with Gasteiger partial charge in [0.25, 0.3) is 0 Å². The lowest BCUT2D eigenvalue weighted by atomic mass is 10.3. The van der Waals surface area contributed by atoms with E-state index in [2.05, 4.69) is 15.6 Å². The molecular formula is C10H20N4O2. The summed E-state index contributed by atoms with van der Waals surface area (Å²) in [5.41, 5.74) is 2.92. The van der Waals surface area contributed by atoms with E-state index in [1.165, 1.54) is 0 Å². The molecule has 0 saturated carbocycles. The van der Waals surface area contributed by atoms with Gasteiger partial charge in [0.05, 0.1) is 19.8 Å². The van der Waals surface area contributed by atoms with Crippen molar-refractivity contribution in [2.24, 2.45) is 0 Å². The van der Waals surface area contributed by atoms with Gasteiger partial charge in [0.2, 0.25) is 5.91 Å². The summed E-state index contributed by atoms with van der Waals surface area (Å²) in [5, 5.41) is 5.21. The summed E-state index contributed by atoms with van der Waals surface area (Å²) in [5.74, 6) is 0.0869. The van der Waals surface area contributed by atoms with Gasteiger partial charge in [-0.15, -0.1) is 0 Å². The van der Waals surface area contributed by atoms with Crippen LogP contribution in [-0.4, -0.2) is 74.8 Å². The largest absolute Gasteiger partial charge is 0.379 e. The molecule has 0 atom stereocenters. The first-order valence-corrected chi connectivity index (χ1v) is 5.90. The summed E-state index contributed by atoms with van der Waals surface area (Å²) in [7, 11) is 0. The van der Waals surface area contributed by atoms with Crippen molar-refractivity contribution < 1.29 is 9.53 Å². The molecule has 2 fully saturated rings. The van der Waals surface area contributed by atoms with Crippen LogP contribution in [0.2, 0.25) is 0 Å². The number of hydrazine groups is 1. The maximum atomic E-state index is 11.7. The minimum Gasteiger partial charge on any atom is -0.379 e. The molecule has 1 amide bonds. The number of hydrogen-bond donors (Lipinski definition) is 2. The number of nitrogens with zero attached hydrogens (tertiary/aromatic N) is 2. The second-order valence-corrected chi connectivity index (χ2v) is 4.16. The highest BCUT2D eigenvalue weighted by Gasteiger charge is 2.16. The normalized spacial score (nSPS) is 24.2. The zero-order chi connectivity index (χ0) is 11.2. The minimum atomic E-state index is 0.0869. The van der Waals surface area contributed by atoms with Crippen LogP contribution >= 0.6 is 0 Å². The van der Waals surface area contributed by atoms with Crippen molar-refractivity contribution in [3.63, 3.8) is 0 Å². The van der Waals surface area contributed by atoms with Gasteiger partial charge in [0, 0.05) is 39.3 Å². The topological polar surface area (TPSA) is 56.8 Å². The number of piperazine rings is 1. The smallest absolute Gasteiger partial charge is 0.248 e. The Labute approximate surface area is 95.9 Å². The summed E-state index contributed by atoms with van der Waals surface area (Å²) in [6, 6.07) is 0. The predicted molar refractivity (Wildman–Crippen MR) is 59.8 cm³/mol. The van der Waals surface area contributed by atoms with Gasteiger partial charge < -0.3 is 10.1 Å². The standard InChI is InChI=1S/C10H20N4O2/c15-10(9-13-3-1-11-2-4-13)12-14-5-7-16-8-6-14/h11H,1-9H2,(H,12,15). The Morgan fingerprint density at radius 1 is 1.19 bits per heavy atom. The number of rotatable bonds is 3. The van der Waals surface area contributed by atoms with Crippen molar-refractivity contribution >= 4 is 5.91 Å². The number of morpholine rings is 1. The van der Waals surface area contributed by atoms with Gasteiger partial charge in [-0.25, -0.2) is 5.01 Å². The minimum absolute atomic E-state index is 0.0869. The zero-order valence-electron chi connectivity index (χ0n) is 9.57. The Morgan fingerprint density at radius 3 is 2.56 bits per heavy atom. The molecule has 0 unspecified atom stereocenters. The number of carbonyl (C=O) groups is 1. The molecular weight excluding hydrogens is 208 g/mol. The Bertz CT molecular complexity index is 203. The summed E-state index contributed by atoms with van der Waals surface area (Å²) in [4.78, 5) is 13.9. The van der Waals surface area contributed by atoms with Crippen molar-refractivity contribution in [2.45, 2.75) is 0 Å². The number of amides is 1. The van der Waals surface area contributed by atoms with Crippen LogP contribution in [0.1, 0.15) is 0 Å². The quantitative estimate of drug-likeness (QED) is 0.600. The van der Waals surface area contributed by atoms with Crippen LogP contribution in [0.3, 0.4) is 0 Å². The van der Waals surface area contributed by atoms with E-state index in [0.717, 1.165) is 39.3 Å². The third-order valence-electron chi connectivity index (χ3n) is 2.87. The molecule has 2 rings (SSSR count). The molecule has 0 aromatic rings. The van der Waals surface area contributed by atoms with Gasteiger partial charge in [0.15, 0.2) is 0 Å². The molecule has 6 nitrogen and oxygen atoms in total. The van der Waals surface area contributed by atoms with E-state index in [1.54, 1.807) is 0 Å². The molecule has 0 bridgehead atoms. The van der Waals surface area contributed by atoms with Crippen LogP contribution in [0, 0.1) is 0 Å². The van der Waals surface area contributed by atoms with Gasteiger partial charge in [-0.2, -0.15) is 0 Å². The highest BCUT2D eigenvalue weighted by atomic mass is 16.5. The average Bonchev–Trinajstić information content (AvgIpc) is 2.31. The number of ether oxygens (including phenoxy) is 1. The molecule has 2 heterocycles. The van der Waals surface area contributed by atoms with E-state index < -0.39 is 0 Å². The van der Waals surface area contributed by atoms with E-state index >= 15 is 0 Å². The third kappa shape index (κ3) is 3.71. The predicted octanol–water partition coefficient (Wildman–Crippen LogP) is -1.74. The van der Waals surface area contributed by atoms with E-state index in [1.807, 2.05) is 5.01 Å². The lowest BCUT2D eigenvalue weighted by Gasteiger charge is -2.30. The van der Waals surface area contributed by atoms with Crippen LogP contribution in [0.4, 0.5) is 0 Å². The average molecular weight is 228 g/mol. The fourth-order valence-electron chi connectivity index (χ4n) is 1.96. The summed E-state index contributed by atoms with van der Waals surface area (Å²) in [6.45, 7) is 7.34. The Hall–Kier alpha value is -0.690. The number of carbonyl (C=O) groups excluding carboxylic acids is 1. The molecule has 2 N–H and O–H groups in total. The van der Waals surface area contributed by atoms with Crippen molar-refractivity contribution in [3.05, 3.63) is 0 Å². The lowest BCUT2D eigenvalue weighted by Crippen LogP contribution is -2.53. The van der Waals surface area contributed by atoms with Gasteiger partial charge >= 0.3 is 0 Å². The number of nitrogens with one attached hydrogen (secondary N) is 2. The van der Waals surface area contributed by atoms with E-state index in [-0.39, 0.29) is 5.91 Å².